The van der Waals surface area contributed by atoms with E-state index in [4.69, 9.17) is 5.11 Å². The quantitative estimate of drug-likeness (QED) is 0.540. The van der Waals surface area contributed by atoms with Crippen LogP contribution >= 0.6 is 0 Å². The Morgan fingerprint density at radius 2 is 1.58 bits per heavy atom. The normalized spacial score (nSPS) is 16.8. The third kappa shape index (κ3) is 5.28. The molecule has 0 aliphatic heterocycles. The van der Waals surface area contributed by atoms with Gasteiger partial charge in [0.1, 0.15) is 12.1 Å². The predicted molar refractivity (Wildman–Crippen MR) is 71.5 cm³/mol. The van der Waals surface area contributed by atoms with E-state index >= 15 is 0 Å². The molecule has 6 heteroatoms. The second-order valence-corrected chi connectivity index (χ2v) is 4.86. The maximum absolute atomic E-state index is 12.1. The zero-order chi connectivity index (χ0) is 15.0. The number of rotatable bonds is 9. The van der Waals surface area contributed by atoms with Gasteiger partial charge in [0.2, 0.25) is 12.3 Å². The molecule has 0 spiro atoms. The Balaban J connectivity index is 4.84. The minimum Gasteiger partial charge on any atom is -0.480 e. The van der Waals surface area contributed by atoms with Gasteiger partial charge in [-0.3, -0.25) is 9.59 Å². The van der Waals surface area contributed by atoms with Gasteiger partial charge in [-0.05, 0) is 11.8 Å². The largest absolute Gasteiger partial charge is 0.480 e. The van der Waals surface area contributed by atoms with Gasteiger partial charge in [-0.25, -0.2) is 4.79 Å². The molecular formula is C13H24N2O4. The molecule has 0 aromatic rings. The van der Waals surface area contributed by atoms with Crippen molar-refractivity contribution < 1.29 is 19.5 Å². The molecule has 0 aliphatic rings. The van der Waals surface area contributed by atoms with Crippen molar-refractivity contribution in [1.29, 1.82) is 0 Å². The standard InChI is InChI=1S/C13H24N2O4/c1-5-8(3)10(14-7-16)12(17)15-11(13(18)19)9(4)6-2/h7-11H,5-6H2,1-4H3,(H,14,16)(H,15,17)(H,18,19). The Bertz CT molecular complexity index is 320. The van der Waals surface area contributed by atoms with Gasteiger partial charge in [0, 0.05) is 0 Å². The highest BCUT2D eigenvalue weighted by Gasteiger charge is 2.30. The van der Waals surface area contributed by atoms with Gasteiger partial charge < -0.3 is 15.7 Å². The highest BCUT2D eigenvalue weighted by molar-refractivity contribution is 5.88. The Kier molecular flexibility index (Phi) is 7.79. The Hall–Kier alpha value is -1.59. The van der Waals surface area contributed by atoms with Gasteiger partial charge in [-0.1, -0.05) is 40.5 Å². The van der Waals surface area contributed by atoms with Crippen LogP contribution in [0.5, 0.6) is 0 Å². The summed E-state index contributed by atoms with van der Waals surface area (Å²) in [6, 6.07) is -1.63. The first-order valence-corrected chi connectivity index (χ1v) is 6.61. The van der Waals surface area contributed by atoms with E-state index in [-0.39, 0.29) is 11.8 Å². The summed E-state index contributed by atoms with van der Waals surface area (Å²) in [6.07, 6.45) is 1.82. The monoisotopic (exact) mass is 272 g/mol. The van der Waals surface area contributed by atoms with Crippen molar-refractivity contribution in [3.05, 3.63) is 0 Å². The molecule has 2 amide bonds. The first-order chi connectivity index (χ1) is 8.88. The summed E-state index contributed by atoms with van der Waals surface area (Å²) in [5, 5.41) is 14.1. The molecule has 0 rings (SSSR count). The van der Waals surface area contributed by atoms with Crippen LogP contribution in [-0.2, 0) is 14.4 Å². The molecule has 3 N–H and O–H groups in total. The van der Waals surface area contributed by atoms with Gasteiger partial charge in [-0.2, -0.15) is 0 Å². The lowest BCUT2D eigenvalue weighted by Gasteiger charge is -2.26. The van der Waals surface area contributed by atoms with Crippen LogP contribution in [0.4, 0.5) is 0 Å². The predicted octanol–water partition coefficient (Wildman–Crippen LogP) is 0.763. The van der Waals surface area contributed by atoms with Crippen LogP contribution in [0, 0.1) is 11.8 Å². The molecule has 110 valence electrons. The summed E-state index contributed by atoms with van der Waals surface area (Å²) in [6.45, 7) is 7.37. The van der Waals surface area contributed by atoms with E-state index in [2.05, 4.69) is 10.6 Å². The van der Waals surface area contributed by atoms with Crippen molar-refractivity contribution in [2.45, 2.75) is 52.6 Å². The molecule has 0 aliphatic carbocycles. The third-order valence-electron chi connectivity index (χ3n) is 3.52. The van der Waals surface area contributed by atoms with Gasteiger partial charge in [-0.15, -0.1) is 0 Å². The van der Waals surface area contributed by atoms with E-state index in [1.807, 2.05) is 20.8 Å². The molecule has 0 saturated heterocycles. The lowest BCUT2D eigenvalue weighted by atomic mass is 9.95. The molecule has 19 heavy (non-hydrogen) atoms. The number of amides is 2. The molecule has 4 unspecified atom stereocenters. The zero-order valence-electron chi connectivity index (χ0n) is 12.0. The summed E-state index contributed by atoms with van der Waals surface area (Å²) in [5.41, 5.74) is 0. The van der Waals surface area contributed by atoms with Crippen molar-refractivity contribution in [2.75, 3.05) is 0 Å². The highest BCUT2D eigenvalue weighted by Crippen LogP contribution is 2.11. The van der Waals surface area contributed by atoms with Gasteiger partial charge >= 0.3 is 5.97 Å². The SMILES string of the molecule is CCC(C)C(NC(=O)C(NC=O)C(C)CC)C(=O)O. The van der Waals surface area contributed by atoms with Crippen LogP contribution < -0.4 is 10.6 Å². The molecule has 0 fully saturated rings. The van der Waals surface area contributed by atoms with Crippen molar-refractivity contribution in [2.24, 2.45) is 11.8 Å². The average molecular weight is 272 g/mol. The summed E-state index contributed by atoms with van der Waals surface area (Å²) in [7, 11) is 0. The smallest absolute Gasteiger partial charge is 0.326 e. The number of carboxylic acids is 1. The van der Waals surface area contributed by atoms with Crippen molar-refractivity contribution >= 4 is 18.3 Å². The van der Waals surface area contributed by atoms with Gasteiger partial charge in [0.15, 0.2) is 0 Å². The van der Waals surface area contributed by atoms with Crippen LogP contribution in [0.1, 0.15) is 40.5 Å². The molecule has 0 saturated carbocycles. The molecule has 0 radical (unpaired) electrons. The van der Waals surface area contributed by atoms with E-state index < -0.39 is 24.0 Å². The van der Waals surface area contributed by atoms with Crippen LogP contribution in [-0.4, -0.2) is 35.5 Å². The number of hydrogen-bond donors (Lipinski definition) is 3. The molecule has 4 atom stereocenters. The maximum Gasteiger partial charge on any atom is 0.326 e. The van der Waals surface area contributed by atoms with Gasteiger partial charge in [0.05, 0.1) is 0 Å². The number of hydrogen-bond acceptors (Lipinski definition) is 3. The fourth-order valence-electron chi connectivity index (χ4n) is 1.73. The van der Waals surface area contributed by atoms with Crippen molar-refractivity contribution in [3.8, 4) is 0 Å². The summed E-state index contributed by atoms with van der Waals surface area (Å²) < 4.78 is 0. The number of carbonyl (C=O) groups excluding carboxylic acids is 2. The minimum absolute atomic E-state index is 0.0587. The molecule has 0 aromatic heterocycles. The van der Waals surface area contributed by atoms with Crippen LogP contribution in [0.15, 0.2) is 0 Å². The topological polar surface area (TPSA) is 95.5 Å². The van der Waals surface area contributed by atoms with Crippen LogP contribution in [0.25, 0.3) is 0 Å². The van der Waals surface area contributed by atoms with E-state index in [1.165, 1.54) is 0 Å². The summed E-state index contributed by atoms with van der Waals surface area (Å²) in [4.78, 5) is 33.8. The highest BCUT2D eigenvalue weighted by atomic mass is 16.4. The lowest BCUT2D eigenvalue weighted by molar-refractivity contribution is -0.143. The fourth-order valence-corrected chi connectivity index (χ4v) is 1.73. The molecule has 0 heterocycles. The number of carboxylic acid groups (broad SMARTS) is 1. The van der Waals surface area contributed by atoms with E-state index in [0.29, 0.717) is 19.3 Å². The lowest BCUT2D eigenvalue weighted by Crippen LogP contribution is -2.54. The Morgan fingerprint density at radius 3 is 1.95 bits per heavy atom. The Morgan fingerprint density at radius 1 is 1.11 bits per heavy atom. The average Bonchev–Trinajstić information content (AvgIpc) is 2.39. The number of nitrogens with one attached hydrogen (secondary N) is 2. The first kappa shape index (κ1) is 17.4. The maximum atomic E-state index is 12.1. The number of aliphatic carboxylic acids is 1. The Labute approximate surface area is 113 Å². The second-order valence-electron chi connectivity index (χ2n) is 4.86. The van der Waals surface area contributed by atoms with Crippen LogP contribution in [0.2, 0.25) is 0 Å². The second kappa shape index (κ2) is 8.50. The minimum atomic E-state index is -1.06. The van der Waals surface area contributed by atoms with E-state index in [1.54, 1.807) is 6.92 Å². The van der Waals surface area contributed by atoms with Crippen molar-refractivity contribution in [3.63, 3.8) is 0 Å². The molecular weight excluding hydrogens is 248 g/mol. The molecule has 6 nitrogen and oxygen atoms in total. The van der Waals surface area contributed by atoms with E-state index in [0.717, 1.165) is 0 Å². The van der Waals surface area contributed by atoms with Crippen molar-refractivity contribution in [1.82, 2.24) is 10.6 Å². The third-order valence-corrected chi connectivity index (χ3v) is 3.52. The molecule has 0 aromatic carbocycles. The first-order valence-electron chi connectivity index (χ1n) is 6.61. The molecule has 0 bridgehead atoms. The summed E-state index contributed by atoms with van der Waals surface area (Å²) >= 11 is 0. The fraction of sp³-hybridized carbons (Fsp3) is 0.769. The van der Waals surface area contributed by atoms with E-state index in [9.17, 15) is 14.4 Å². The summed E-state index contributed by atoms with van der Waals surface area (Å²) in [5.74, 6) is -1.74. The zero-order valence-corrected chi connectivity index (χ0v) is 12.0. The van der Waals surface area contributed by atoms with Gasteiger partial charge in [0.25, 0.3) is 0 Å². The van der Waals surface area contributed by atoms with Crippen LogP contribution in [0.3, 0.4) is 0 Å². The number of carbonyl (C=O) groups is 3.